The van der Waals surface area contributed by atoms with E-state index in [0.717, 1.165) is 17.5 Å². The molecule has 0 saturated carbocycles. The first-order valence-corrected chi connectivity index (χ1v) is 9.65. The van der Waals surface area contributed by atoms with E-state index >= 15 is 0 Å². The van der Waals surface area contributed by atoms with Crippen LogP contribution in [0.3, 0.4) is 0 Å². The molecule has 0 saturated heterocycles. The van der Waals surface area contributed by atoms with E-state index in [1.165, 1.54) is 6.92 Å². The Morgan fingerprint density at radius 2 is 1.72 bits per heavy atom. The average molecular weight is 360 g/mol. The second-order valence-corrected chi connectivity index (χ2v) is 8.24. The molecular formula is C19H24N2O3S. The van der Waals surface area contributed by atoms with Crippen LogP contribution in [0.15, 0.2) is 47.4 Å². The molecular weight excluding hydrogens is 336 g/mol. The van der Waals surface area contributed by atoms with Gasteiger partial charge in [0.1, 0.15) is 0 Å². The zero-order valence-corrected chi connectivity index (χ0v) is 15.8. The molecule has 2 aromatic rings. The van der Waals surface area contributed by atoms with Crippen LogP contribution in [0.1, 0.15) is 31.9 Å². The van der Waals surface area contributed by atoms with Crippen LogP contribution < -0.4 is 10.0 Å². The Kier molecular flexibility index (Phi) is 5.85. The molecule has 0 heterocycles. The molecule has 2 aromatic carbocycles. The van der Waals surface area contributed by atoms with E-state index in [2.05, 4.69) is 23.9 Å². The number of benzene rings is 2. The van der Waals surface area contributed by atoms with Crippen molar-refractivity contribution in [2.75, 3.05) is 10.0 Å². The lowest BCUT2D eigenvalue weighted by atomic mass is 10.0. The Morgan fingerprint density at radius 1 is 1.08 bits per heavy atom. The number of carbonyl (C=O) groups is 1. The quantitative estimate of drug-likeness (QED) is 0.819. The molecule has 0 aliphatic heterocycles. The van der Waals surface area contributed by atoms with Gasteiger partial charge in [-0.25, -0.2) is 8.42 Å². The summed E-state index contributed by atoms with van der Waals surface area (Å²) >= 11 is 0. The normalized spacial score (nSPS) is 11.4. The zero-order chi connectivity index (χ0) is 18.6. The standard InChI is InChI=1S/C19H24N2O3S/c1-13(2)11-16-6-9-18(10-7-16)25(23,24)21-19-12-17(20-15(4)22)8-5-14(19)3/h5-10,12-13,21H,11H2,1-4H3,(H,20,22). The molecule has 2 rings (SSSR count). The Bertz CT molecular complexity index is 857. The van der Waals surface area contributed by atoms with E-state index in [-0.39, 0.29) is 10.8 Å². The van der Waals surface area contributed by atoms with Crippen LogP contribution >= 0.6 is 0 Å². The summed E-state index contributed by atoms with van der Waals surface area (Å²) < 4.78 is 27.8. The maximum Gasteiger partial charge on any atom is 0.261 e. The van der Waals surface area contributed by atoms with Gasteiger partial charge in [0.05, 0.1) is 10.6 Å². The van der Waals surface area contributed by atoms with E-state index in [4.69, 9.17) is 0 Å². The zero-order valence-electron chi connectivity index (χ0n) is 15.0. The SMILES string of the molecule is CC(=O)Nc1ccc(C)c(NS(=O)(=O)c2ccc(CC(C)C)cc2)c1. The summed E-state index contributed by atoms with van der Waals surface area (Å²) in [5.74, 6) is 0.304. The maximum atomic E-state index is 12.6. The van der Waals surface area contributed by atoms with Crippen LogP contribution in [0.25, 0.3) is 0 Å². The summed E-state index contributed by atoms with van der Waals surface area (Å²) in [5.41, 5.74) is 2.87. The Morgan fingerprint density at radius 3 is 2.28 bits per heavy atom. The fourth-order valence-electron chi connectivity index (χ4n) is 2.49. The fourth-order valence-corrected chi connectivity index (χ4v) is 3.61. The fraction of sp³-hybridized carbons (Fsp3) is 0.316. The largest absolute Gasteiger partial charge is 0.326 e. The molecule has 5 nitrogen and oxygen atoms in total. The third-order valence-corrected chi connectivity index (χ3v) is 5.06. The van der Waals surface area contributed by atoms with E-state index in [1.807, 2.05) is 12.1 Å². The van der Waals surface area contributed by atoms with Crippen LogP contribution in [-0.2, 0) is 21.2 Å². The van der Waals surface area contributed by atoms with Gasteiger partial charge < -0.3 is 5.32 Å². The first kappa shape index (κ1) is 19.0. The third-order valence-electron chi connectivity index (χ3n) is 3.68. The number of aryl methyl sites for hydroxylation is 1. The number of sulfonamides is 1. The highest BCUT2D eigenvalue weighted by Crippen LogP contribution is 2.24. The highest BCUT2D eigenvalue weighted by Gasteiger charge is 2.16. The number of anilines is 2. The van der Waals surface area contributed by atoms with Crippen molar-refractivity contribution in [3.63, 3.8) is 0 Å². The summed E-state index contributed by atoms with van der Waals surface area (Å²) in [5, 5.41) is 2.65. The first-order valence-electron chi connectivity index (χ1n) is 8.17. The lowest BCUT2D eigenvalue weighted by molar-refractivity contribution is -0.114. The average Bonchev–Trinajstić information content (AvgIpc) is 2.50. The van der Waals surface area contributed by atoms with Crippen LogP contribution in [0.4, 0.5) is 11.4 Å². The Balaban J connectivity index is 2.24. The minimum atomic E-state index is -3.69. The Hall–Kier alpha value is -2.34. The highest BCUT2D eigenvalue weighted by atomic mass is 32.2. The number of nitrogens with one attached hydrogen (secondary N) is 2. The highest BCUT2D eigenvalue weighted by molar-refractivity contribution is 7.92. The minimum absolute atomic E-state index is 0.210. The number of rotatable bonds is 6. The number of carbonyl (C=O) groups excluding carboxylic acids is 1. The van der Waals surface area contributed by atoms with Gasteiger partial charge in [-0.2, -0.15) is 0 Å². The molecule has 1 amide bonds. The van der Waals surface area contributed by atoms with E-state index < -0.39 is 10.0 Å². The molecule has 0 aliphatic carbocycles. The topological polar surface area (TPSA) is 75.3 Å². The van der Waals surface area contributed by atoms with Gasteiger partial charge in [0, 0.05) is 12.6 Å². The van der Waals surface area contributed by atoms with Crippen LogP contribution in [0, 0.1) is 12.8 Å². The molecule has 0 aliphatic rings. The van der Waals surface area contributed by atoms with Gasteiger partial charge in [0.2, 0.25) is 5.91 Å². The van der Waals surface area contributed by atoms with E-state index in [9.17, 15) is 13.2 Å². The van der Waals surface area contributed by atoms with Crippen molar-refractivity contribution in [2.45, 2.75) is 39.0 Å². The molecule has 0 spiro atoms. The number of amides is 1. The van der Waals surface area contributed by atoms with Crippen molar-refractivity contribution < 1.29 is 13.2 Å². The predicted molar refractivity (Wildman–Crippen MR) is 101 cm³/mol. The van der Waals surface area contributed by atoms with Crippen molar-refractivity contribution in [1.82, 2.24) is 0 Å². The minimum Gasteiger partial charge on any atom is -0.326 e. The number of hydrogen-bond donors (Lipinski definition) is 2. The molecule has 25 heavy (non-hydrogen) atoms. The van der Waals surface area contributed by atoms with Crippen molar-refractivity contribution in [1.29, 1.82) is 0 Å². The lowest BCUT2D eigenvalue weighted by Crippen LogP contribution is -2.14. The van der Waals surface area contributed by atoms with E-state index in [0.29, 0.717) is 17.3 Å². The van der Waals surface area contributed by atoms with Crippen molar-refractivity contribution in [3.05, 3.63) is 53.6 Å². The number of hydrogen-bond acceptors (Lipinski definition) is 3. The molecule has 0 bridgehead atoms. The van der Waals surface area contributed by atoms with Crippen molar-refractivity contribution in [2.24, 2.45) is 5.92 Å². The molecule has 2 N–H and O–H groups in total. The van der Waals surface area contributed by atoms with Crippen LogP contribution in [-0.4, -0.2) is 14.3 Å². The monoisotopic (exact) mass is 360 g/mol. The molecule has 0 atom stereocenters. The van der Waals surface area contributed by atoms with Gasteiger partial charge in [-0.3, -0.25) is 9.52 Å². The van der Waals surface area contributed by atoms with Crippen molar-refractivity contribution >= 4 is 27.3 Å². The summed E-state index contributed by atoms with van der Waals surface area (Å²) in [6.07, 6.45) is 0.908. The summed E-state index contributed by atoms with van der Waals surface area (Å²) in [6, 6.07) is 12.0. The summed E-state index contributed by atoms with van der Waals surface area (Å²) in [6.45, 7) is 7.46. The van der Waals surface area contributed by atoms with Gasteiger partial charge in [-0.05, 0) is 54.7 Å². The van der Waals surface area contributed by atoms with E-state index in [1.54, 1.807) is 37.3 Å². The first-order chi connectivity index (χ1) is 11.7. The van der Waals surface area contributed by atoms with Crippen LogP contribution in [0.2, 0.25) is 0 Å². The lowest BCUT2D eigenvalue weighted by Gasteiger charge is -2.13. The molecule has 0 fully saturated rings. The predicted octanol–water partition coefficient (Wildman–Crippen LogP) is 3.95. The molecule has 0 unspecified atom stereocenters. The molecule has 0 aromatic heterocycles. The summed E-state index contributed by atoms with van der Waals surface area (Å²) in [4.78, 5) is 11.4. The van der Waals surface area contributed by atoms with Crippen molar-refractivity contribution in [3.8, 4) is 0 Å². The smallest absolute Gasteiger partial charge is 0.261 e. The second-order valence-electron chi connectivity index (χ2n) is 6.56. The molecule has 0 radical (unpaired) electrons. The van der Waals surface area contributed by atoms with Gasteiger partial charge in [-0.1, -0.05) is 32.0 Å². The van der Waals surface area contributed by atoms with Gasteiger partial charge in [-0.15, -0.1) is 0 Å². The Labute approximate surface area is 149 Å². The summed E-state index contributed by atoms with van der Waals surface area (Å²) in [7, 11) is -3.69. The van der Waals surface area contributed by atoms with Crippen LogP contribution in [0.5, 0.6) is 0 Å². The second kappa shape index (κ2) is 7.70. The van der Waals surface area contributed by atoms with Gasteiger partial charge in [0.25, 0.3) is 10.0 Å². The molecule has 6 heteroatoms. The maximum absolute atomic E-state index is 12.6. The van der Waals surface area contributed by atoms with Gasteiger partial charge in [0.15, 0.2) is 0 Å². The third kappa shape index (κ3) is 5.32. The van der Waals surface area contributed by atoms with Gasteiger partial charge >= 0.3 is 0 Å². The molecule has 134 valence electrons.